The minimum Gasteiger partial charge on any atom is -0.361 e. The van der Waals surface area contributed by atoms with Crippen molar-refractivity contribution < 1.29 is 13.2 Å². The van der Waals surface area contributed by atoms with Crippen LogP contribution in [0.4, 0.5) is 18.3 Å². The van der Waals surface area contributed by atoms with Gasteiger partial charge in [0.25, 0.3) is 0 Å². The summed E-state index contributed by atoms with van der Waals surface area (Å²) in [6.07, 6.45) is 0.592. The summed E-state index contributed by atoms with van der Waals surface area (Å²) in [4.78, 5) is 4.29. The predicted molar refractivity (Wildman–Crippen MR) is 79.7 cm³/mol. The van der Waals surface area contributed by atoms with E-state index in [0.717, 1.165) is 23.4 Å². The number of fused-ring (bicyclic) bond motifs is 1. The zero-order valence-corrected chi connectivity index (χ0v) is 12.6. The van der Waals surface area contributed by atoms with E-state index < -0.39 is 11.7 Å². The van der Waals surface area contributed by atoms with Gasteiger partial charge in [-0.2, -0.15) is 13.2 Å². The molecule has 0 aliphatic heterocycles. The van der Waals surface area contributed by atoms with Crippen molar-refractivity contribution in [1.82, 2.24) is 4.98 Å². The Hall–Kier alpha value is -1.30. The van der Waals surface area contributed by atoms with Gasteiger partial charge in [0.15, 0.2) is 5.13 Å². The third-order valence-electron chi connectivity index (χ3n) is 4.19. The van der Waals surface area contributed by atoms with Crippen molar-refractivity contribution in [3.63, 3.8) is 0 Å². The monoisotopic (exact) mass is 314 g/mol. The molecule has 0 unspecified atom stereocenters. The average molecular weight is 314 g/mol. The van der Waals surface area contributed by atoms with E-state index in [-0.39, 0.29) is 5.41 Å². The molecule has 0 radical (unpaired) electrons. The number of alkyl halides is 3. The molecule has 0 amide bonds. The lowest BCUT2D eigenvalue weighted by Crippen LogP contribution is -2.22. The third kappa shape index (κ3) is 3.15. The summed E-state index contributed by atoms with van der Waals surface area (Å²) in [6.45, 7) is 3.08. The molecule has 1 fully saturated rings. The molecule has 1 aromatic heterocycles. The lowest BCUT2D eigenvalue weighted by atomic mass is 9.89. The van der Waals surface area contributed by atoms with Crippen LogP contribution in [-0.2, 0) is 6.18 Å². The first-order valence-electron chi connectivity index (χ1n) is 7.07. The van der Waals surface area contributed by atoms with Gasteiger partial charge < -0.3 is 5.32 Å². The number of hydrogen-bond donors (Lipinski definition) is 1. The number of rotatable bonds is 3. The first-order valence-corrected chi connectivity index (χ1v) is 7.89. The predicted octanol–water partition coefficient (Wildman–Crippen LogP) is 5.31. The highest BCUT2D eigenvalue weighted by atomic mass is 32.1. The van der Waals surface area contributed by atoms with Crippen LogP contribution in [-0.4, -0.2) is 11.5 Å². The van der Waals surface area contributed by atoms with Gasteiger partial charge in [-0.3, -0.25) is 0 Å². The Morgan fingerprint density at radius 1 is 1.29 bits per heavy atom. The fourth-order valence-corrected chi connectivity index (χ4v) is 3.72. The highest BCUT2D eigenvalue weighted by Gasteiger charge is 2.31. The number of nitrogens with zero attached hydrogens (tertiary/aromatic N) is 1. The summed E-state index contributed by atoms with van der Waals surface area (Å²) in [5.41, 5.74) is 0.0538. The number of nitrogens with one attached hydrogen (secondary N) is 1. The first kappa shape index (κ1) is 14.6. The van der Waals surface area contributed by atoms with Gasteiger partial charge in [0.2, 0.25) is 0 Å². The van der Waals surface area contributed by atoms with E-state index >= 15 is 0 Å². The van der Waals surface area contributed by atoms with Gasteiger partial charge in [-0.1, -0.05) is 31.1 Å². The van der Waals surface area contributed by atoms with Crippen LogP contribution in [0, 0.1) is 5.41 Å². The Labute approximate surface area is 125 Å². The average Bonchev–Trinajstić information content (AvgIpc) is 3.01. The summed E-state index contributed by atoms with van der Waals surface area (Å²) in [7, 11) is 0. The molecule has 1 saturated carbocycles. The van der Waals surface area contributed by atoms with E-state index in [0.29, 0.717) is 10.6 Å². The van der Waals surface area contributed by atoms with Crippen molar-refractivity contribution in [2.75, 3.05) is 11.9 Å². The minimum atomic E-state index is -4.32. The molecule has 1 aliphatic rings. The third-order valence-corrected chi connectivity index (χ3v) is 5.19. The number of thiazole rings is 1. The van der Waals surface area contributed by atoms with Gasteiger partial charge in [0.1, 0.15) is 0 Å². The molecule has 0 spiro atoms. The summed E-state index contributed by atoms with van der Waals surface area (Å²) < 4.78 is 38.8. The molecule has 2 aromatic rings. The van der Waals surface area contributed by atoms with E-state index in [1.165, 1.54) is 43.1 Å². The Kier molecular flexibility index (Phi) is 3.59. The van der Waals surface area contributed by atoms with Crippen molar-refractivity contribution in [3.05, 3.63) is 23.8 Å². The van der Waals surface area contributed by atoms with E-state index in [4.69, 9.17) is 0 Å². The van der Waals surface area contributed by atoms with Crippen LogP contribution in [0.25, 0.3) is 10.2 Å². The molecule has 1 heterocycles. The van der Waals surface area contributed by atoms with Crippen LogP contribution in [0.2, 0.25) is 0 Å². The SMILES string of the molecule is CC1(CNc2nc3cc(C(F)(F)F)ccc3s2)CCCC1. The standard InChI is InChI=1S/C15H17F3N2S/c1-14(6-2-3-7-14)9-19-13-20-11-8-10(15(16,17)18)4-5-12(11)21-13/h4-5,8H,2-3,6-7,9H2,1H3,(H,19,20). The van der Waals surface area contributed by atoms with Crippen LogP contribution in [0.5, 0.6) is 0 Å². The zero-order valence-electron chi connectivity index (χ0n) is 11.8. The molecule has 3 rings (SSSR count). The lowest BCUT2D eigenvalue weighted by molar-refractivity contribution is -0.137. The molecule has 6 heteroatoms. The smallest absolute Gasteiger partial charge is 0.361 e. The molecule has 0 saturated heterocycles. The van der Waals surface area contributed by atoms with E-state index in [2.05, 4.69) is 17.2 Å². The van der Waals surface area contributed by atoms with Crippen molar-refractivity contribution in [2.45, 2.75) is 38.8 Å². The van der Waals surface area contributed by atoms with Gasteiger partial charge >= 0.3 is 6.18 Å². The van der Waals surface area contributed by atoms with E-state index in [9.17, 15) is 13.2 Å². The van der Waals surface area contributed by atoms with Crippen molar-refractivity contribution >= 4 is 26.7 Å². The summed E-state index contributed by atoms with van der Waals surface area (Å²) in [5, 5.41) is 4.01. The Bertz CT molecular complexity index is 642. The number of hydrogen-bond acceptors (Lipinski definition) is 3. The van der Waals surface area contributed by atoms with Crippen LogP contribution in [0.1, 0.15) is 38.2 Å². The number of anilines is 1. The van der Waals surface area contributed by atoms with Crippen LogP contribution < -0.4 is 5.32 Å². The summed E-state index contributed by atoms with van der Waals surface area (Å²) in [5.74, 6) is 0. The van der Waals surface area contributed by atoms with Gasteiger partial charge in [-0.05, 0) is 36.5 Å². The largest absolute Gasteiger partial charge is 0.416 e. The molecule has 21 heavy (non-hydrogen) atoms. The number of aromatic nitrogens is 1. The van der Waals surface area contributed by atoms with E-state index in [1.807, 2.05) is 0 Å². The Balaban J connectivity index is 1.78. The number of halogens is 3. The van der Waals surface area contributed by atoms with Gasteiger partial charge in [0, 0.05) is 6.54 Å². The van der Waals surface area contributed by atoms with Crippen LogP contribution in [0.15, 0.2) is 18.2 Å². The lowest BCUT2D eigenvalue weighted by Gasteiger charge is -2.23. The highest BCUT2D eigenvalue weighted by molar-refractivity contribution is 7.22. The molecule has 0 bridgehead atoms. The molecular weight excluding hydrogens is 297 g/mol. The molecule has 1 aromatic carbocycles. The van der Waals surface area contributed by atoms with Crippen LogP contribution in [0.3, 0.4) is 0 Å². The topological polar surface area (TPSA) is 24.9 Å². The Morgan fingerprint density at radius 2 is 2.00 bits per heavy atom. The second-order valence-electron chi connectivity index (χ2n) is 6.07. The number of benzene rings is 1. The fourth-order valence-electron chi connectivity index (χ4n) is 2.87. The van der Waals surface area contributed by atoms with Gasteiger partial charge in [0.05, 0.1) is 15.8 Å². The molecular formula is C15H17F3N2S. The highest BCUT2D eigenvalue weighted by Crippen LogP contribution is 2.38. The Morgan fingerprint density at radius 3 is 2.67 bits per heavy atom. The molecule has 1 N–H and O–H groups in total. The molecule has 1 aliphatic carbocycles. The van der Waals surface area contributed by atoms with Crippen molar-refractivity contribution in [1.29, 1.82) is 0 Å². The fraction of sp³-hybridized carbons (Fsp3) is 0.533. The maximum absolute atomic E-state index is 12.7. The van der Waals surface area contributed by atoms with Crippen molar-refractivity contribution in [3.8, 4) is 0 Å². The van der Waals surface area contributed by atoms with Gasteiger partial charge in [-0.15, -0.1) is 0 Å². The van der Waals surface area contributed by atoms with E-state index in [1.54, 1.807) is 0 Å². The normalized spacial score (nSPS) is 18.3. The maximum atomic E-state index is 12.7. The zero-order chi connectivity index (χ0) is 15.1. The first-order chi connectivity index (χ1) is 9.86. The molecule has 0 atom stereocenters. The maximum Gasteiger partial charge on any atom is 0.416 e. The van der Waals surface area contributed by atoms with Crippen LogP contribution >= 0.6 is 11.3 Å². The quantitative estimate of drug-likeness (QED) is 0.830. The van der Waals surface area contributed by atoms with Crippen molar-refractivity contribution in [2.24, 2.45) is 5.41 Å². The second kappa shape index (κ2) is 5.16. The summed E-state index contributed by atoms with van der Waals surface area (Å²) in [6, 6.07) is 3.73. The molecule has 114 valence electrons. The summed E-state index contributed by atoms with van der Waals surface area (Å²) >= 11 is 1.41. The second-order valence-corrected chi connectivity index (χ2v) is 7.10. The molecule has 2 nitrogen and oxygen atoms in total. The van der Waals surface area contributed by atoms with Gasteiger partial charge in [-0.25, -0.2) is 4.98 Å². The minimum absolute atomic E-state index is 0.287.